The van der Waals surface area contributed by atoms with Crippen LogP contribution in [0.1, 0.15) is 9.67 Å². The molecule has 1 N–H and O–H groups in total. The van der Waals surface area contributed by atoms with Crippen molar-refractivity contribution >= 4 is 34.0 Å². The van der Waals surface area contributed by atoms with Crippen LogP contribution in [0.25, 0.3) is 21.7 Å². The summed E-state index contributed by atoms with van der Waals surface area (Å²) in [7, 11) is 1.99. The quantitative estimate of drug-likeness (QED) is 0.598. The first-order valence-electron chi connectivity index (χ1n) is 7.60. The molecule has 2 aromatic carbocycles. The average molecular weight is 333 g/mol. The minimum absolute atomic E-state index is 0.101. The van der Waals surface area contributed by atoms with E-state index in [9.17, 15) is 4.79 Å². The summed E-state index contributed by atoms with van der Waals surface area (Å²) in [6.45, 7) is 0. The van der Waals surface area contributed by atoms with Crippen LogP contribution in [0.2, 0.25) is 0 Å². The molecule has 0 fully saturated rings. The van der Waals surface area contributed by atoms with E-state index < -0.39 is 0 Å². The molecule has 0 aliphatic rings. The van der Waals surface area contributed by atoms with Gasteiger partial charge in [-0.2, -0.15) is 0 Å². The molecule has 2 aromatic heterocycles. The first-order chi connectivity index (χ1) is 11.7. The number of rotatable bonds is 3. The normalized spacial score (nSPS) is 10.9. The van der Waals surface area contributed by atoms with E-state index in [0.717, 1.165) is 27.4 Å². The Labute approximate surface area is 143 Å². The number of anilines is 1. The molecular formula is C19H15N3OS. The number of hydrogen-bond donors (Lipinski definition) is 1. The van der Waals surface area contributed by atoms with E-state index in [2.05, 4.69) is 14.9 Å². The van der Waals surface area contributed by atoms with Crippen LogP contribution in [0.3, 0.4) is 0 Å². The minimum atomic E-state index is -0.101. The zero-order valence-corrected chi connectivity index (χ0v) is 13.9. The highest BCUT2D eigenvalue weighted by Crippen LogP contribution is 2.30. The van der Waals surface area contributed by atoms with E-state index in [1.54, 1.807) is 0 Å². The van der Waals surface area contributed by atoms with Crippen LogP contribution in [0.4, 0.5) is 5.69 Å². The number of aromatic nitrogens is 2. The van der Waals surface area contributed by atoms with Gasteiger partial charge >= 0.3 is 0 Å². The third-order valence-corrected chi connectivity index (χ3v) is 4.95. The van der Waals surface area contributed by atoms with Gasteiger partial charge in [0.1, 0.15) is 0 Å². The van der Waals surface area contributed by atoms with Crippen molar-refractivity contribution in [3.05, 3.63) is 71.6 Å². The summed E-state index contributed by atoms with van der Waals surface area (Å²) in [6, 6.07) is 21.3. The van der Waals surface area contributed by atoms with Gasteiger partial charge in [-0.05, 0) is 36.4 Å². The summed E-state index contributed by atoms with van der Waals surface area (Å²) in [4.78, 5) is 18.7. The van der Waals surface area contributed by atoms with E-state index >= 15 is 0 Å². The molecule has 1 amide bonds. The van der Waals surface area contributed by atoms with Crippen molar-refractivity contribution in [3.63, 3.8) is 0 Å². The summed E-state index contributed by atoms with van der Waals surface area (Å²) in [5.41, 5.74) is 2.83. The molecule has 118 valence electrons. The van der Waals surface area contributed by atoms with Gasteiger partial charge in [-0.3, -0.25) is 4.79 Å². The Kier molecular flexibility index (Phi) is 3.63. The smallest absolute Gasteiger partial charge is 0.265 e. The fraction of sp³-hybridized carbons (Fsp3) is 0.0526. The minimum Gasteiger partial charge on any atom is -0.326 e. The molecule has 0 atom stereocenters. The zero-order valence-electron chi connectivity index (χ0n) is 13.1. The van der Waals surface area contributed by atoms with Gasteiger partial charge < -0.3 is 9.88 Å². The maximum absolute atomic E-state index is 12.4. The third-order valence-electron chi connectivity index (χ3n) is 3.87. The molecule has 4 aromatic rings. The van der Waals surface area contributed by atoms with Gasteiger partial charge in [-0.25, -0.2) is 4.98 Å². The maximum atomic E-state index is 12.4. The second-order valence-corrected chi connectivity index (χ2v) is 6.55. The van der Waals surface area contributed by atoms with E-state index in [0.29, 0.717) is 4.88 Å². The van der Waals surface area contributed by atoms with Crippen molar-refractivity contribution in [2.24, 2.45) is 7.05 Å². The predicted octanol–water partition coefficient (Wildman–Crippen LogP) is 4.55. The standard InChI is InChI=1S/C19H15N3OS/c1-22-15-10-6-5-9-14(15)21-18(22)16-11-12-17(24-16)19(23)20-13-7-3-2-4-8-13/h2-12H,1H3,(H,20,23). The Bertz CT molecular complexity index is 1020. The molecule has 0 radical (unpaired) electrons. The van der Waals surface area contributed by atoms with Gasteiger partial charge in [0, 0.05) is 12.7 Å². The number of nitrogens with zero attached hydrogens (tertiary/aromatic N) is 2. The highest BCUT2D eigenvalue weighted by Gasteiger charge is 2.15. The van der Waals surface area contributed by atoms with Crippen LogP contribution in [-0.2, 0) is 7.05 Å². The number of fused-ring (bicyclic) bond motifs is 1. The number of aryl methyl sites for hydroxylation is 1. The maximum Gasteiger partial charge on any atom is 0.265 e. The van der Waals surface area contributed by atoms with Crippen molar-refractivity contribution in [3.8, 4) is 10.7 Å². The van der Waals surface area contributed by atoms with E-state index in [1.165, 1.54) is 11.3 Å². The molecule has 24 heavy (non-hydrogen) atoms. The molecule has 4 nitrogen and oxygen atoms in total. The van der Waals surface area contributed by atoms with Gasteiger partial charge in [0.15, 0.2) is 5.82 Å². The number of benzene rings is 2. The second kappa shape index (κ2) is 5.94. The Morgan fingerprint density at radius 1 is 1.00 bits per heavy atom. The molecule has 0 spiro atoms. The van der Waals surface area contributed by atoms with Crippen molar-refractivity contribution in [2.75, 3.05) is 5.32 Å². The van der Waals surface area contributed by atoms with Gasteiger partial charge in [0.05, 0.1) is 20.8 Å². The van der Waals surface area contributed by atoms with Crippen LogP contribution in [0.15, 0.2) is 66.7 Å². The summed E-state index contributed by atoms with van der Waals surface area (Å²) in [5, 5.41) is 2.91. The Morgan fingerprint density at radius 3 is 2.54 bits per heavy atom. The van der Waals surface area contributed by atoms with Crippen LogP contribution in [-0.4, -0.2) is 15.5 Å². The van der Waals surface area contributed by atoms with Crippen LogP contribution < -0.4 is 5.32 Å². The largest absolute Gasteiger partial charge is 0.326 e. The molecule has 0 saturated carbocycles. The van der Waals surface area contributed by atoms with Crippen LogP contribution in [0.5, 0.6) is 0 Å². The van der Waals surface area contributed by atoms with Gasteiger partial charge in [0.2, 0.25) is 0 Å². The van der Waals surface area contributed by atoms with Crippen molar-refractivity contribution < 1.29 is 4.79 Å². The molecule has 0 saturated heterocycles. The highest BCUT2D eigenvalue weighted by molar-refractivity contribution is 7.17. The number of hydrogen-bond acceptors (Lipinski definition) is 3. The van der Waals surface area contributed by atoms with Gasteiger partial charge in [-0.1, -0.05) is 30.3 Å². The van der Waals surface area contributed by atoms with Crippen molar-refractivity contribution in [2.45, 2.75) is 0 Å². The summed E-state index contributed by atoms with van der Waals surface area (Å²) in [6.07, 6.45) is 0. The Balaban J connectivity index is 1.64. The fourth-order valence-electron chi connectivity index (χ4n) is 2.66. The monoisotopic (exact) mass is 333 g/mol. The summed E-state index contributed by atoms with van der Waals surface area (Å²) in [5.74, 6) is 0.774. The number of carbonyl (C=O) groups excluding carboxylic acids is 1. The lowest BCUT2D eigenvalue weighted by Gasteiger charge is -2.02. The molecule has 5 heteroatoms. The number of amides is 1. The molecule has 2 heterocycles. The number of para-hydroxylation sites is 3. The van der Waals surface area contributed by atoms with Gasteiger partial charge in [0.25, 0.3) is 5.91 Å². The molecule has 0 aliphatic heterocycles. The van der Waals surface area contributed by atoms with Crippen molar-refractivity contribution in [1.29, 1.82) is 0 Å². The number of imidazole rings is 1. The fourth-order valence-corrected chi connectivity index (χ4v) is 3.59. The van der Waals surface area contributed by atoms with E-state index in [1.807, 2.05) is 73.8 Å². The van der Waals surface area contributed by atoms with Crippen LogP contribution in [0, 0.1) is 0 Å². The Morgan fingerprint density at radius 2 is 1.75 bits per heavy atom. The molecule has 0 unspecified atom stereocenters. The lowest BCUT2D eigenvalue weighted by atomic mass is 10.3. The lowest BCUT2D eigenvalue weighted by molar-refractivity contribution is 0.103. The number of nitrogens with one attached hydrogen (secondary N) is 1. The van der Waals surface area contributed by atoms with E-state index in [4.69, 9.17) is 0 Å². The first-order valence-corrected chi connectivity index (χ1v) is 8.42. The summed E-state index contributed by atoms with van der Waals surface area (Å²) < 4.78 is 2.06. The first kappa shape index (κ1) is 14.7. The molecule has 0 aliphatic carbocycles. The number of carbonyl (C=O) groups is 1. The van der Waals surface area contributed by atoms with Crippen LogP contribution >= 0.6 is 11.3 Å². The van der Waals surface area contributed by atoms with Crippen molar-refractivity contribution in [1.82, 2.24) is 9.55 Å². The molecule has 4 rings (SSSR count). The predicted molar refractivity (Wildman–Crippen MR) is 98.4 cm³/mol. The van der Waals surface area contributed by atoms with Gasteiger partial charge in [-0.15, -0.1) is 11.3 Å². The SMILES string of the molecule is Cn1c(-c2ccc(C(=O)Nc3ccccc3)s2)nc2ccccc21. The zero-order chi connectivity index (χ0) is 16.5. The third kappa shape index (κ3) is 2.59. The lowest BCUT2D eigenvalue weighted by Crippen LogP contribution is -2.09. The second-order valence-electron chi connectivity index (χ2n) is 5.47. The Hall–Kier alpha value is -2.92. The number of thiophene rings is 1. The van der Waals surface area contributed by atoms with E-state index in [-0.39, 0.29) is 5.91 Å². The molecule has 0 bridgehead atoms. The summed E-state index contributed by atoms with van der Waals surface area (Å²) >= 11 is 1.45. The average Bonchev–Trinajstić information content (AvgIpc) is 3.21. The topological polar surface area (TPSA) is 46.9 Å². The highest BCUT2D eigenvalue weighted by atomic mass is 32.1. The molecular weight excluding hydrogens is 318 g/mol.